The molecule has 0 spiro atoms. The number of carbonyl (C=O) groups excluding carboxylic acids is 1. The van der Waals surface area contributed by atoms with E-state index in [0.29, 0.717) is 17.9 Å². The van der Waals surface area contributed by atoms with E-state index in [9.17, 15) is 4.79 Å². The highest BCUT2D eigenvalue weighted by atomic mass is 16.2. The molecule has 1 N–H and O–H groups in total. The van der Waals surface area contributed by atoms with Gasteiger partial charge in [0.05, 0.1) is 6.04 Å². The van der Waals surface area contributed by atoms with Gasteiger partial charge in [0, 0.05) is 19.1 Å². The number of rotatable bonds is 2. The second-order valence-electron chi connectivity index (χ2n) is 6.16. The Labute approximate surface area is 111 Å². The van der Waals surface area contributed by atoms with Crippen LogP contribution < -0.4 is 5.32 Å². The zero-order chi connectivity index (χ0) is 13.1. The molecule has 18 heavy (non-hydrogen) atoms. The Morgan fingerprint density at radius 1 is 1.22 bits per heavy atom. The average Bonchev–Trinajstić information content (AvgIpc) is 2.38. The van der Waals surface area contributed by atoms with E-state index in [2.05, 4.69) is 36.1 Å². The number of likely N-dealkylation sites (tertiary alicyclic amines) is 1. The standard InChI is InChI=1S/C14H27N3O/c1-11-4-7-15-13(10-11)14(18)17-8-5-12(6-9-17)16(2)3/h11-13,15H,4-10H2,1-3H3. The van der Waals surface area contributed by atoms with Crippen molar-refractivity contribution in [3.8, 4) is 0 Å². The van der Waals surface area contributed by atoms with Crippen LogP contribution >= 0.6 is 0 Å². The summed E-state index contributed by atoms with van der Waals surface area (Å²) in [6, 6.07) is 0.719. The van der Waals surface area contributed by atoms with Crippen molar-refractivity contribution in [2.24, 2.45) is 5.92 Å². The SMILES string of the molecule is CC1CCNC(C(=O)N2CCC(N(C)C)CC2)C1. The van der Waals surface area contributed by atoms with E-state index >= 15 is 0 Å². The molecule has 0 bridgehead atoms. The first-order chi connectivity index (χ1) is 8.58. The van der Waals surface area contributed by atoms with Crippen molar-refractivity contribution in [3.05, 3.63) is 0 Å². The number of hydrogen-bond donors (Lipinski definition) is 1. The molecule has 4 nitrogen and oxygen atoms in total. The smallest absolute Gasteiger partial charge is 0.239 e. The fraction of sp³-hybridized carbons (Fsp3) is 0.929. The highest BCUT2D eigenvalue weighted by molar-refractivity contribution is 5.82. The molecule has 2 saturated heterocycles. The first-order valence-corrected chi connectivity index (χ1v) is 7.26. The van der Waals surface area contributed by atoms with E-state index in [0.717, 1.165) is 38.9 Å². The van der Waals surface area contributed by atoms with E-state index in [-0.39, 0.29) is 6.04 Å². The van der Waals surface area contributed by atoms with Gasteiger partial charge in [-0.3, -0.25) is 4.79 Å². The van der Waals surface area contributed by atoms with Gasteiger partial charge in [-0.1, -0.05) is 6.92 Å². The minimum absolute atomic E-state index is 0.0738. The Kier molecular flexibility index (Phi) is 4.62. The van der Waals surface area contributed by atoms with E-state index in [1.807, 2.05) is 0 Å². The van der Waals surface area contributed by atoms with E-state index in [1.165, 1.54) is 6.42 Å². The molecule has 0 saturated carbocycles. The number of nitrogens with zero attached hydrogens (tertiary/aromatic N) is 2. The molecule has 2 fully saturated rings. The van der Waals surface area contributed by atoms with E-state index in [1.54, 1.807) is 0 Å². The van der Waals surface area contributed by atoms with E-state index < -0.39 is 0 Å². The lowest BCUT2D eigenvalue weighted by atomic mass is 9.93. The molecule has 0 aromatic carbocycles. The van der Waals surface area contributed by atoms with Crippen molar-refractivity contribution in [2.75, 3.05) is 33.7 Å². The summed E-state index contributed by atoms with van der Waals surface area (Å²) in [7, 11) is 4.26. The van der Waals surface area contributed by atoms with Gasteiger partial charge in [0.1, 0.15) is 0 Å². The lowest BCUT2D eigenvalue weighted by molar-refractivity contribution is -0.135. The first-order valence-electron chi connectivity index (χ1n) is 7.26. The molecular weight excluding hydrogens is 226 g/mol. The van der Waals surface area contributed by atoms with Gasteiger partial charge < -0.3 is 15.1 Å². The minimum atomic E-state index is 0.0738. The maximum atomic E-state index is 12.4. The lowest BCUT2D eigenvalue weighted by Gasteiger charge is -2.38. The summed E-state index contributed by atoms with van der Waals surface area (Å²) in [5, 5.41) is 3.38. The highest BCUT2D eigenvalue weighted by Gasteiger charge is 2.31. The van der Waals surface area contributed by atoms with Crippen LogP contribution in [-0.2, 0) is 4.79 Å². The average molecular weight is 253 g/mol. The van der Waals surface area contributed by atoms with Crippen LogP contribution in [0.1, 0.15) is 32.6 Å². The monoisotopic (exact) mass is 253 g/mol. The molecule has 2 rings (SSSR count). The second kappa shape index (κ2) is 6.02. The summed E-state index contributed by atoms with van der Waals surface area (Å²) in [6.07, 6.45) is 4.43. The molecule has 2 heterocycles. The van der Waals surface area contributed by atoms with Crippen molar-refractivity contribution in [3.63, 3.8) is 0 Å². The molecule has 0 aromatic heterocycles. The summed E-state index contributed by atoms with van der Waals surface area (Å²) in [5.74, 6) is 1.01. The van der Waals surface area contributed by atoms with Gasteiger partial charge >= 0.3 is 0 Å². The third kappa shape index (κ3) is 3.23. The Balaban J connectivity index is 1.83. The van der Waals surface area contributed by atoms with Gasteiger partial charge in [-0.25, -0.2) is 0 Å². The van der Waals surface area contributed by atoms with Gasteiger partial charge in [-0.05, 0) is 52.2 Å². The fourth-order valence-electron chi connectivity index (χ4n) is 3.12. The van der Waals surface area contributed by atoms with Crippen LogP contribution in [-0.4, -0.2) is 61.5 Å². The predicted octanol–water partition coefficient (Wildman–Crippen LogP) is 0.927. The van der Waals surface area contributed by atoms with Crippen LogP contribution in [0.3, 0.4) is 0 Å². The predicted molar refractivity (Wildman–Crippen MR) is 73.5 cm³/mol. The number of nitrogens with one attached hydrogen (secondary N) is 1. The quantitative estimate of drug-likeness (QED) is 0.795. The van der Waals surface area contributed by atoms with E-state index in [4.69, 9.17) is 0 Å². The number of carbonyl (C=O) groups is 1. The number of piperidine rings is 2. The maximum Gasteiger partial charge on any atom is 0.239 e. The largest absolute Gasteiger partial charge is 0.341 e. The molecule has 4 heteroatoms. The molecule has 0 aliphatic carbocycles. The van der Waals surface area contributed by atoms with Gasteiger partial charge in [0.25, 0.3) is 0 Å². The fourth-order valence-corrected chi connectivity index (χ4v) is 3.12. The summed E-state index contributed by atoms with van der Waals surface area (Å²) >= 11 is 0. The van der Waals surface area contributed by atoms with Crippen LogP contribution in [0.4, 0.5) is 0 Å². The van der Waals surface area contributed by atoms with Crippen molar-refractivity contribution >= 4 is 5.91 Å². The molecule has 2 aliphatic heterocycles. The zero-order valence-electron chi connectivity index (χ0n) is 12.0. The Morgan fingerprint density at radius 3 is 2.44 bits per heavy atom. The molecule has 2 aliphatic rings. The lowest BCUT2D eigenvalue weighted by Crippen LogP contribution is -2.53. The Bertz CT molecular complexity index is 285. The summed E-state index contributed by atoms with van der Waals surface area (Å²) in [5.41, 5.74) is 0. The minimum Gasteiger partial charge on any atom is -0.341 e. The van der Waals surface area contributed by atoms with Crippen LogP contribution in [0, 0.1) is 5.92 Å². The van der Waals surface area contributed by atoms with Crippen molar-refractivity contribution in [1.29, 1.82) is 0 Å². The summed E-state index contributed by atoms with van der Waals surface area (Å²) < 4.78 is 0. The molecular formula is C14H27N3O. The summed E-state index contributed by atoms with van der Waals surface area (Å²) in [6.45, 7) is 5.09. The number of hydrogen-bond acceptors (Lipinski definition) is 3. The number of amides is 1. The van der Waals surface area contributed by atoms with Crippen LogP contribution in [0.2, 0.25) is 0 Å². The topological polar surface area (TPSA) is 35.6 Å². The van der Waals surface area contributed by atoms with Crippen LogP contribution in [0.25, 0.3) is 0 Å². The second-order valence-corrected chi connectivity index (χ2v) is 6.16. The van der Waals surface area contributed by atoms with Crippen LogP contribution in [0.15, 0.2) is 0 Å². The van der Waals surface area contributed by atoms with Gasteiger partial charge in [-0.2, -0.15) is 0 Å². The third-order valence-electron chi connectivity index (χ3n) is 4.47. The molecule has 0 aromatic rings. The maximum absolute atomic E-state index is 12.4. The van der Waals surface area contributed by atoms with Crippen molar-refractivity contribution < 1.29 is 4.79 Å². The van der Waals surface area contributed by atoms with Crippen LogP contribution in [0.5, 0.6) is 0 Å². The molecule has 0 radical (unpaired) electrons. The molecule has 2 atom stereocenters. The third-order valence-corrected chi connectivity index (χ3v) is 4.47. The molecule has 104 valence electrons. The zero-order valence-corrected chi connectivity index (χ0v) is 12.0. The van der Waals surface area contributed by atoms with Gasteiger partial charge in [0.2, 0.25) is 5.91 Å². The summed E-state index contributed by atoms with van der Waals surface area (Å²) in [4.78, 5) is 16.8. The van der Waals surface area contributed by atoms with Crippen molar-refractivity contribution in [1.82, 2.24) is 15.1 Å². The Hall–Kier alpha value is -0.610. The Morgan fingerprint density at radius 2 is 1.89 bits per heavy atom. The van der Waals surface area contributed by atoms with Gasteiger partial charge in [-0.15, -0.1) is 0 Å². The first kappa shape index (κ1) is 13.8. The normalized spacial score (nSPS) is 30.8. The molecule has 1 amide bonds. The highest BCUT2D eigenvalue weighted by Crippen LogP contribution is 2.20. The molecule has 2 unspecified atom stereocenters. The van der Waals surface area contributed by atoms with Gasteiger partial charge in [0.15, 0.2) is 0 Å². The van der Waals surface area contributed by atoms with Crippen molar-refractivity contribution in [2.45, 2.75) is 44.7 Å².